The Bertz CT molecular complexity index is 416. The van der Waals surface area contributed by atoms with Gasteiger partial charge in [0.05, 0.1) is 0 Å². The fourth-order valence-electron chi connectivity index (χ4n) is 1.90. The molecule has 17 heavy (non-hydrogen) atoms. The average Bonchev–Trinajstić information content (AvgIpc) is 2.82. The van der Waals surface area contributed by atoms with Crippen LogP contribution in [0.3, 0.4) is 0 Å². The number of carbonyl (C=O) groups is 1. The Morgan fingerprint density at radius 2 is 2.41 bits per heavy atom. The first-order valence-electron chi connectivity index (χ1n) is 5.83. The summed E-state index contributed by atoms with van der Waals surface area (Å²) < 4.78 is 1.04. The molecule has 0 aromatic heterocycles. The van der Waals surface area contributed by atoms with E-state index in [1.807, 2.05) is 36.9 Å². The highest BCUT2D eigenvalue weighted by Gasteiger charge is 2.16. The van der Waals surface area contributed by atoms with Crippen LogP contribution < -0.4 is 5.32 Å². The van der Waals surface area contributed by atoms with Crippen molar-refractivity contribution in [2.45, 2.75) is 25.0 Å². The second-order valence-corrected chi connectivity index (χ2v) is 6.57. The summed E-state index contributed by atoms with van der Waals surface area (Å²) in [4.78, 5) is 11.9. The number of amides is 1. The maximum Gasteiger partial charge on any atom is 0.251 e. The van der Waals surface area contributed by atoms with E-state index in [0.717, 1.165) is 22.1 Å². The molecule has 1 heterocycles. The molecule has 92 valence electrons. The highest BCUT2D eigenvalue weighted by atomic mass is 79.9. The van der Waals surface area contributed by atoms with Crippen molar-refractivity contribution in [3.05, 3.63) is 33.8 Å². The van der Waals surface area contributed by atoms with E-state index in [-0.39, 0.29) is 5.91 Å². The summed E-state index contributed by atoms with van der Waals surface area (Å²) in [5.74, 6) is 1.27. The molecule has 0 radical (unpaired) electrons. The van der Waals surface area contributed by atoms with Gasteiger partial charge in [0.2, 0.25) is 0 Å². The molecular weight excluding hydrogens is 298 g/mol. The summed E-state index contributed by atoms with van der Waals surface area (Å²) in [6.07, 6.45) is 2.51. The number of hydrogen-bond donors (Lipinski definition) is 1. The van der Waals surface area contributed by atoms with Crippen LogP contribution in [0.15, 0.2) is 22.7 Å². The van der Waals surface area contributed by atoms with Crippen LogP contribution in [-0.4, -0.2) is 23.5 Å². The summed E-state index contributed by atoms with van der Waals surface area (Å²) >= 11 is 5.40. The predicted octanol–water partition coefficient (Wildman–Crippen LogP) is 3.38. The van der Waals surface area contributed by atoms with Gasteiger partial charge in [-0.05, 0) is 49.3 Å². The van der Waals surface area contributed by atoms with Crippen molar-refractivity contribution < 1.29 is 4.79 Å². The van der Waals surface area contributed by atoms with E-state index in [0.29, 0.717) is 5.25 Å². The van der Waals surface area contributed by atoms with Gasteiger partial charge < -0.3 is 5.32 Å². The van der Waals surface area contributed by atoms with Crippen LogP contribution in [0, 0.1) is 6.92 Å². The Balaban J connectivity index is 1.92. The van der Waals surface area contributed by atoms with E-state index in [9.17, 15) is 4.79 Å². The van der Waals surface area contributed by atoms with E-state index >= 15 is 0 Å². The Morgan fingerprint density at radius 3 is 3.06 bits per heavy atom. The highest BCUT2D eigenvalue weighted by Crippen LogP contribution is 2.25. The molecule has 0 saturated carbocycles. The summed E-state index contributed by atoms with van der Waals surface area (Å²) in [7, 11) is 0. The summed E-state index contributed by atoms with van der Waals surface area (Å²) in [6.45, 7) is 2.78. The van der Waals surface area contributed by atoms with Crippen molar-refractivity contribution in [3.8, 4) is 0 Å². The van der Waals surface area contributed by atoms with Crippen LogP contribution in [-0.2, 0) is 0 Å². The summed E-state index contributed by atoms with van der Waals surface area (Å²) in [5, 5.41) is 3.62. The van der Waals surface area contributed by atoms with Gasteiger partial charge in [-0.25, -0.2) is 0 Å². The third kappa shape index (κ3) is 3.49. The molecule has 2 nitrogen and oxygen atoms in total. The summed E-state index contributed by atoms with van der Waals surface area (Å²) in [6, 6.07) is 5.70. The Morgan fingerprint density at radius 1 is 1.59 bits per heavy atom. The number of benzene rings is 1. The SMILES string of the molecule is Cc1cc(C(=O)NCC2CCCS2)ccc1Br. The molecule has 1 aliphatic heterocycles. The van der Waals surface area contributed by atoms with Gasteiger partial charge in [0.1, 0.15) is 0 Å². The minimum absolute atomic E-state index is 0.0353. The van der Waals surface area contributed by atoms with E-state index in [4.69, 9.17) is 0 Å². The van der Waals surface area contributed by atoms with Gasteiger partial charge >= 0.3 is 0 Å². The largest absolute Gasteiger partial charge is 0.351 e. The van der Waals surface area contributed by atoms with E-state index in [1.54, 1.807) is 0 Å². The number of nitrogens with one attached hydrogen (secondary N) is 1. The lowest BCUT2D eigenvalue weighted by Crippen LogP contribution is -2.29. The van der Waals surface area contributed by atoms with Crippen molar-refractivity contribution >= 4 is 33.6 Å². The fraction of sp³-hybridized carbons (Fsp3) is 0.462. The van der Waals surface area contributed by atoms with Gasteiger partial charge in [-0.3, -0.25) is 4.79 Å². The fourth-order valence-corrected chi connectivity index (χ4v) is 3.35. The molecule has 1 amide bonds. The lowest BCUT2D eigenvalue weighted by Gasteiger charge is -2.10. The van der Waals surface area contributed by atoms with Gasteiger partial charge in [0.25, 0.3) is 5.91 Å². The molecule has 1 aromatic carbocycles. The smallest absolute Gasteiger partial charge is 0.251 e. The minimum atomic E-state index is 0.0353. The maximum atomic E-state index is 11.9. The molecule has 1 N–H and O–H groups in total. The molecular formula is C13H16BrNOS. The number of halogens is 1. The quantitative estimate of drug-likeness (QED) is 0.927. The molecule has 1 unspecified atom stereocenters. The van der Waals surface area contributed by atoms with Gasteiger partial charge in [-0.2, -0.15) is 11.8 Å². The molecule has 1 aliphatic rings. The zero-order valence-electron chi connectivity index (χ0n) is 9.83. The Hall–Kier alpha value is -0.480. The zero-order chi connectivity index (χ0) is 12.3. The third-order valence-corrected chi connectivity index (χ3v) is 5.22. The van der Waals surface area contributed by atoms with Crippen molar-refractivity contribution in [1.82, 2.24) is 5.32 Å². The van der Waals surface area contributed by atoms with Gasteiger partial charge in [0.15, 0.2) is 0 Å². The molecule has 1 atom stereocenters. The third-order valence-electron chi connectivity index (χ3n) is 2.93. The molecule has 1 aromatic rings. The number of hydrogen-bond acceptors (Lipinski definition) is 2. The van der Waals surface area contributed by atoms with E-state index in [1.165, 1.54) is 18.6 Å². The maximum absolute atomic E-state index is 11.9. The van der Waals surface area contributed by atoms with Crippen LogP contribution in [0.5, 0.6) is 0 Å². The summed E-state index contributed by atoms with van der Waals surface area (Å²) in [5.41, 5.74) is 1.83. The predicted molar refractivity (Wildman–Crippen MR) is 76.7 cm³/mol. The lowest BCUT2D eigenvalue weighted by atomic mass is 10.1. The van der Waals surface area contributed by atoms with Crippen LogP contribution in [0.1, 0.15) is 28.8 Å². The van der Waals surface area contributed by atoms with Crippen LogP contribution >= 0.6 is 27.7 Å². The van der Waals surface area contributed by atoms with Gasteiger partial charge in [-0.15, -0.1) is 0 Å². The molecule has 1 saturated heterocycles. The average molecular weight is 314 g/mol. The molecule has 0 spiro atoms. The van der Waals surface area contributed by atoms with Crippen molar-refractivity contribution in [2.75, 3.05) is 12.3 Å². The Labute approximate surface area is 115 Å². The van der Waals surface area contributed by atoms with Gasteiger partial charge in [-0.1, -0.05) is 15.9 Å². The number of rotatable bonds is 3. The van der Waals surface area contributed by atoms with Crippen LogP contribution in [0.25, 0.3) is 0 Å². The first kappa shape index (κ1) is 13.0. The highest BCUT2D eigenvalue weighted by molar-refractivity contribution is 9.10. The standard InChI is InChI=1S/C13H16BrNOS/c1-9-7-10(4-5-12(9)14)13(16)15-8-11-3-2-6-17-11/h4-5,7,11H,2-3,6,8H2,1H3,(H,15,16). The molecule has 2 rings (SSSR count). The van der Waals surface area contributed by atoms with Gasteiger partial charge in [0, 0.05) is 21.8 Å². The van der Waals surface area contributed by atoms with E-state index < -0.39 is 0 Å². The minimum Gasteiger partial charge on any atom is -0.351 e. The topological polar surface area (TPSA) is 29.1 Å². The van der Waals surface area contributed by atoms with Crippen molar-refractivity contribution in [3.63, 3.8) is 0 Å². The molecule has 0 bridgehead atoms. The van der Waals surface area contributed by atoms with Crippen molar-refractivity contribution in [2.24, 2.45) is 0 Å². The van der Waals surface area contributed by atoms with Crippen LogP contribution in [0.2, 0.25) is 0 Å². The second-order valence-electron chi connectivity index (χ2n) is 4.31. The number of thioether (sulfide) groups is 1. The molecule has 0 aliphatic carbocycles. The number of carbonyl (C=O) groups excluding carboxylic acids is 1. The normalized spacial score (nSPS) is 19.3. The molecule has 4 heteroatoms. The second kappa shape index (κ2) is 5.91. The van der Waals surface area contributed by atoms with Crippen LogP contribution in [0.4, 0.5) is 0 Å². The number of aryl methyl sites for hydroxylation is 1. The first-order valence-corrected chi connectivity index (χ1v) is 7.67. The monoisotopic (exact) mass is 313 g/mol. The van der Waals surface area contributed by atoms with E-state index in [2.05, 4.69) is 21.2 Å². The molecule has 1 fully saturated rings. The zero-order valence-corrected chi connectivity index (χ0v) is 12.2. The first-order chi connectivity index (χ1) is 8.16. The Kier molecular flexibility index (Phi) is 4.51. The van der Waals surface area contributed by atoms with Crippen molar-refractivity contribution in [1.29, 1.82) is 0 Å². The lowest BCUT2D eigenvalue weighted by molar-refractivity contribution is 0.0953.